The van der Waals surface area contributed by atoms with Crippen LogP contribution in [0, 0.1) is 5.82 Å². The highest BCUT2D eigenvalue weighted by Gasteiger charge is 2.09. The number of methoxy groups -OCH3 is 1. The molecule has 1 aromatic heterocycles. The lowest BCUT2D eigenvalue weighted by molar-refractivity contribution is 0.0945. The van der Waals surface area contributed by atoms with Gasteiger partial charge in [0.15, 0.2) is 0 Å². The van der Waals surface area contributed by atoms with Crippen molar-refractivity contribution in [1.82, 2.24) is 10.3 Å². The first kappa shape index (κ1) is 18.4. The van der Waals surface area contributed by atoms with Gasteiger partial charge < -0.3 is 15.4 Å². The highest BCUT2D eigenvalue weighted by atomic mass is 19.1. The van der Waals surface area contributed by atoms with Crippen LogP contribution in [0.5, 0.6) is 5.75 Å². The molecule has 0 unspecified atom stereocenters. The largest absolute Gasteiger partial charge is 0.496 e. The number of hydrogen-bond donors (Lipinski definition) is 2. The number of carbonyl (C=O) groups is 1. The second-order valence-corrected chi connectivity index (χ2v) is 5.87. The lowest BCUT2D eigenvalue weighted by Crippen LogP contribution is -2.24. The normalized spacial score (nSPS) is 10.3. The Morgan fingerprint density at radius 3 is 2.44 bits per heavy atom. The van der Waals surface area contributed by atoms with Crippen molar-refractivity contribution in [3.63, 3.8) is 0 Å². The summed E-state index contributed by atoms with van der Waals surface area (Å²) in [5, 5.41) is 5.91. The van der Waals surface area contributed by atoms with E-state index in [-0.39, 0.29) is 11.7 Å². The van der Waals surface area contributed by atoms with Gasteiger partial charge in [-0.1, -0.05) is 36.4 Å². The topological polar surface area (TPSA) is 63.2 Å². The van der Waals surface area contributed by atoms with Crippen LogP contribution in [0.15, 0.2) is 66.9 Å². The maximum Gasteiger partial charge on any atom is 0.270 e. The molecule has 0 radical (unpaired) electrons. The molecule has 2 N–H and O–H groups in total. The predicted molar refractivity (Wildman–Crippen MR) is 102 cm³/mol. The summed E-state index contributed by atoms with van der Waals surface area (Å²) in [6.07, 6.45) is 1.55. The molecule has 0 fully saturated rings. The molecule has 27 heavy (non-hydrogen) atoms. The maximum atomic E-state index is 13.6. The fourth-order valence-corrected chi connectivity index (χ4v) is 2.59. The second-order valence-electron chi connectivity index (χ2n) is 5.87. The smallest absolute Gasteiger partial charge is 0.270 e. The number of carbonyl (C=O) groups excluding carboxylic acids is 1. The number of aromatic nitrogens is 1. The minimum atomic E-state index is -0.276. The van der Waals surface area contributed by atoms with Crippen LogP contribution in [0.3, 0.4) is 0 Å². The van der Waals surface area contributed by atoms with E-state index in [0.29, 0.717) is 30.0 Å². The molecule has 0 saturated carbocycles. The number of pyridine rings is 1. The number of ether oxygens (including phenoxy) is 1. The SMILES string of the molecule is COc1ccccc1CNC(=O)c1ccc(NCc2ccccc2F)cn1. The molecule has 0 atom stereocenters. The number of benzene rings is 2. The Bertz CT molecular complexity index is 913. The molecular weight excluding hydrogens is 345 g/mol. The molecule has 0 bridgehead atoms. The van der Waals surface area contributed by atoms with Crippen molar-refractivity contribution < 1.29 is 13.9 Å². The van der Waals surface area contributed by atoms with Crippen molar-refractivity contribution >= 4 is 11.6 Å². The zero-order valence-corrected chi connectivity index (χ0v) is 14.9. The number of para-hydroxylation sites is 1. The highest BCUT2D eigenvalue weighted by molar-refractivity contribution is 5.92. The van der Waals surface area contributed by atoms with Crippen LogP contribution >= 0.6 is 0 Å². The number of nitrogens with zero attached hydrogens (tertiary/aromatic N) is 1. The number of amides is 1. The van der Waals surface area contributed by atoms with Gasteiger partial charge in [-0.15, -0.1) is 0 Å². The Kier molecular flexibility index (Phi) is 5.99. The lowest BCUT2D eigenvalue weighted by Gasteiger charge is -2.10. The van der Waals surface area contributed by atoms with Gasteiger partial charge in [-0.25, -0.2) is 9.37 Å². The molecule has 6 heteroatoms. The van der Waals surface area contributed by atoms with Crippen molar-refractivity contribution in [2.75, 3.05) is 12.4 Å². The van der Waals surface area contributed by atoms with E-state index in [0.717, 1.165) is 11.3 Å². The van der Waals surface area contributed by atoms with E-state index in [1.165, 1.54) is 6.07 Å². The third-order valence-corrected chi connectivity index (χ3v) is 4.07. The van der Waals surface area contributed by atoms with Gasteiger partial charge in [0.05, 0.1) is 19.0 Å². The van der Waals surface area contributed by atoms with Crippen LogP contribution in [0.2, 0.25) is 0 Å². The van der Waals surface area contributed by atoms with Gasteiger partial charge in [0.25, 0.3) is 5.91 Å². The van der Waals surface area contributed by atoms with Crippen LogP contribution in [-0.2, 0) is 13.1 Å². The predicted octanol–water partition coefficient (Wildman–Crippen LogP) is 3.77. The zero-order chi connectivity index (χ0) is 19.1. The van der Waals surface area contributed by atoms with Crippen LogP contribution in [-0.4, -0.2) is 18.0 Å². The quantitative estimate of drug-likeness (QED) is 0.669. The van der Waals surface area contributed by atoms with Crippen LogP contribution in [0.25, 0.3) is 0 Å². The number of nitrogens with one attached hydrogen (secondary N) is 2. The molecule has 0 aliphatic heterocycles. The van der Waals surface area contributed by atoms with Crippen LogP contribution < -0.4 is 15.4 Å². The standard InChI is InChI=1S/C21H20FN3O2/c1-27-20-9-5-3-7-16(20)13-25-21(26)19-11-10-17(14-24-19)23-12-15-6-2-4-8-18(15)22/h2-11,14,23H,12-13H2,1H3,(H,25,26). The van der Waals surface area contributed by atoms with E-state index in [1.54, 1.807) is 43.6 Å². The highest BCUT2D eigenvalue weighted by Crippen LogP contribution is 2.17. The Labute approximate surface area is 157 Å². The monoisotopic (exact) mass is 365 g/mol. The van der Waals surface area contributed by atoms with Gasteiger partial charge in [-0.05, 0) is 24.3 Å². The molecular formula is C21H20FN3O2. The molecule has 3 rings (SSSR count). The number of hydrogen-bond acceptors (Lipinski definition) is 4. The summed E-state index contributed by atoms with van der Waals surface area (Å²) < 4.78 is 18.9. The summed E-state index contributed by atoms with van der Waals surface area (Å²) >= 11 is 0. The van der Waals surface area contributed by atoms with Crippen molar-refractivity contribution in [1.29, 1.82) is 0 Å². The third-order valence-electron chi connectivity index (χ3n) is 4.07. The molecule has 138 valence electrons. The summed E-state index contributed by atoms with van der Waals surface area (Å²) in [6, 6.07) is 17.4. The first-order valence-electron chi connectivity index (χ1n) is 8.51. The Balaban J connectivity index is 1.56. The summed E-state index contributed by atoms with van der Waals surface area (Å²) in [5.41, 5.74) is 2.47. The zero-order valence-electron chi connectivity index (χ0n) is 14.9. The van der Waals surface area contributed by atoms with Gasteiger partial charge in [0, 0.05) is 24.2 Å². The molecule has 0 spiro atoms. The summed E-state index contributed by atoms with van der Waals surface area (Å²) in [5.74, 6) is 0.185. The molecule has 0 saturated heterocycles. The Morgan fingerprint density at radius 1 is 1.00 bits per heavy atom. The van der Waals surface area contributed by atoms with Gasteiger partial charge in [0.1, 0.15) is 17.3 Å². The lowest BCUT2D eigenvalue weighted by atomic mass is 10.2. The van der Waals surface area contributed by atoms with E-state index >= 15 is 0 Å². The van der Waals surface area contributed by atoms with Crippen molar-refractivity contribution in [2.45, 2.75) is 13.1 Å². The minimum absolute atomic E-state index is 0.259. The van der Waals surface area contributed by atoms with Gasteiger partial charge in [-0.3, -0.25) is 4.79 Å². The van der Waals surface area contributed by atoms with Gasteiger partial charge in [0.2, 0.25) is 0 Å². The maximum absolute atomic E-state index is 13.6. The molecule has 3 aromatic rings. The average Bonchev–Trinajstić information content (AvgIpc) is 2.72. The number of anilines is 1. The molecule has 2 aromatic carbocycles. The van der Waals surface area contributed by atoms with Gasteiger partial charge >= 0.3 is 0 Å². The molecule has 0 aliphatic carbocycles. The Hall–Kier alpha value is -3.41. The Morgan fingerprint density at radius 2 is 1.74 bits per heavy atom. The van der Waals surface area contributed by atoms with Crippen molar-refractivity contribution in [3.8, 4) is 5.75 Å². The average molecular weight is 365 g/mol. The first-order valence-corrected chi connectivity index (χ1v) is 8.51. The third kappa shape index (κ3) is 4.82. The summed E-state index contributed by atoms with van der Waals surface area (Å²) in [7, 11) is 1.59. The van der Waals surface area contributed by atoms with E-state index in [1.807, 2.05) is 24.3 Å². The van der Waals surface area contributed by atoms with Crippen molar-refractivity contribution in [2.24, 2.45) is 0 Å². The summed E-state index contributed by atoms with van der Waals surface area (Å²) in [6.45, 7) is 0.686. The van der Waals surface area contributed by atoms with E-state index in [9.17, 15) is 9.18 Å². The molecule has 5 nitrogen and oxygen atoms in total. The molecule has 1 amide bonds. The fraction of sp³-hybridized carbons (Fsp3) is 0.143. The van der Waals surface area contributed by atoms with E-state index in [4.69, 9.17) is 4.74 Å². The van der Waals surface area contributed by atoms with E-state index in [2.05, 4.69) is 15.6 Å². The second kappa shape index (κ2) is 8.80. The molecule has 0 aliphatic rings. The first-order chi connectivity index (χ1) is 13.2. The van der Waals surface area contributed by atoms with Crippen LogP contribution in [0.1, 0.15) is 21.6 Å². The van der Waals surface area contributed by atoms with Crippen molar-refractivity contribution in [3.05, 3.63) is 89.5 Å². The number of halogens is 1. The number of rotatable bonds is 7. The van der Waals surface area contributed by atoms with Gasteiger partial charge in [-0.2, -0.15) is 0 Å². The summed E-state index contributed by atoms with van der Waals surface area (Å²) in [4.78, 5) is 16.4. The fourth-order valence-electron chi connectivity index (χ4n) is 2.59. The minimum Gasteiger partial charge on any atom is -0.496 e. The van der Waals surface area contributed by atoms with Crippen LogP contribution in [0.4, 0.5) is 10.1 Å². The molecule has 1 heterocycles. The van der Waals surface area contributed by atoms with E-state index < -0.39 is 0 Å².